The van der Waals surface area contributed by atoms with Gasteiger partial charge in [0.15, 0.2) is 0 Å². The van der Waals surface area contributed by atoms with Crippen LogP contribution >= 0.6 is 11.6 Å². The summed E-state index contributed by atoms with van der Waals surface area (Å²) < 4.78 is 26.8. The van der Waals surface area contributed by atoms with Crippen LogP contribution in [0.3, 0.4) is 0 Å². The Hall–Kier alpha value is -1.78. The van der Waals surface area contributed by atoms with Crippen molar-refractivity contribution in [3.05, 3.63) is 71.3 Å². The lowest BCUT2D eigenvalue weighted by atomic mass is 10.1. The number of nitrogens with one attached hydrogen (secondary N) is 1. The summed E-state index contributed by atoms with van der Waals surface area (Å²) >= 11 is 6.12. The van der Waals surface area contributed by atoms with Crippen molar-refractivity contribution in [2.24, 2.45) is 0 Å². The van der Waals surface area contributed by atoms with E-state index in [0.29, 0.717) is 10.7 Å². The Kier molecular flexibility index (Phi) is 4.70. The van der Waals surface area contributed by atoms with Crippen molar-refractivity contribution in [3.63, 3.8) is 0 Å². The predicted octanol–water partition coefficient (Wildman–Crippen LogP) is 4.32. The van der Waals surface area contributed by atoms with Gasteiger partial charge in [-0.25, -0.2) is 8.42 Å². The van der Waals surface area contributed by atoms with Crippen LogP contribution in [0.4, 0.5) is 5.69 Å². The van der Waals surface area contributed by atoms with Crippen LogP contribution in [0.1, 0.15) is 18.1 Å². The summed E-state index contributed by atoms with van der Waals surface area (Å²) in [6.07, 6.45) is 0. The first kappa shape index (κ1) is 15.6. The zero-order valence-electron chi connectivity index (χ0n) is 11.6. The lowest BCUT2D eigenvalue weighted by Crippen LogP contribution is -2.15. The van der Waals surface area contributed by atoms with Crippen LogP contribution in [0.15, 0.2) is 55.1 Å². The van der Waals surface area contributed by atoms with Crippen LogP contribution in [0, 0.1) is 0 Å². The molecule has 0 aliphatic rings. The molecule has 0 aromatic heterocycles. The van der Waals surface area contributed by atoms with E-state index < -0.39 is 10.0 Å². The first-order chi connectivity index (χ1) is 9.87. The minimum Gasteiger partial charge on any atom is -0.283 e. The van der Waals surface area contributed by atoms with E-state index in [4.69, 9.17) is 11.6 Å². The van der Waals surface area contributed by atoms with Gasteiger partial charge in [-0.2, -0.15) is 0 Å². The lowest BCUT2D eigenvalue weighted by Gasteiger charge is -2.10. The number of hydrogen-bond acceptors (Lipinski definition) is 2. The topological polar surface area (TPSA) is 46.2 Å². The van der Waals surface area contributed by atoms with E-state index in [9.17, 15) is 8.42 Å². The van der Waals surface area contributed by atoms with Crippen LogP contribution in [-0.4, -0.2) is 8.42 Å². The molecular formula is C16H16ClNO2S. The lowest BCUT2D eigenvalue weighted by molar-refractivity contribution is 0.600. The highest BCUT2D eigenvalue weighted by Crippen LogP contribution is 2.26. The van der Waals surface area contributed by atoms with Crippen LogP contribution in [0.25, 0.3) is 5.57 Å². The molecule has 110 valence electrons. The van der Waals surface area contributed by atoms with E-state index >= 15 is 0 Å². The number of benzene rings is 2. The Morgan fingerprint density at radius 1 is 1.19 bits per heavy atom. The number of hydrogen-bond donors (Lipinski definition) is 1. The minimum absolute atomic E-state index is 0.0757. The zero-order valence-corrected chi connectivity index (χ0v) is 13.2. The van der Waals surface area contributed by atoms with Gasteiger partial charge in [0.1, 0.15) is 0 Å². The van der Waals surface area contributed by atoms with E-state index in [1.165, 1.54) is 0 Å². The van der Waals surface area contributed by atoms with Crippen LogP contribution in [0.5, 0.6) is 0 Å². The molecule has 0 saturated heterocycles. The van der Waals surface area contributed by atoms with Crippen LogP contribution in [-0.2, 0) is 15.8 Å². The van der Waals surface area contributed by atoms with Gasteiger partial charge in [0.25, 0.3) is 0 Å². The number of rotatable bonds is 5. The van der Waals surface area contributed by atoms with Gasteiger partial charge in [-0.05, 0) is 35.8 Å². The average Bonchev–Trinajstić information content (AvgIpc) is 2.38. The molecule has 2 rings (SSSR count). The van der Waals surface area contributed by atoms with Crippen molar-refractivity contribution in [2.45, 2.75) is 12.7 Å². The fourth-order valence-electron chi connectivity index (χ4n) is 1.93. The van der Waals surface area contributed by atoms with Gasteiger partial charge in [0.05, 0.1) is 10.8 Å². The summed E-state index contributed by atoms with van der Waals surface area (Å²) in [4.78, 5) is 0. The molecule has 3 nitrogen and oxygen atoms in total. The van der Waals surface area contributed by atoms with Gasteiger partial charge < -0.3 is 0 Å². The fraction of sp³-hybridized carbons (Fsp3) is 0.125. The molecule has 0 aliphatic carbocycles. The van der Waals surface area contributed by atoms with E-state index in [1.54, 1.807) is 30.3 Å². The highest BCUT2D eigenvalue weighted by atomic mass is 35.5. The third-order valence-electron chi connectivity index (χ3n) is 2.90. The first-order valence-corrected chi connectivity index (χ1v) is 8.40. The Morgan fingerprint density at radius 3 is 2.43 bits per heavy atom. The van der Waals surface area contributed by atoms with Gasteiger partial charge in [-0.3, -0.25) is 4.72 Å². The van der Waals surface area contributed by atoms with Crippen LogP contribution < -0.4 is 4.72 Å². The monoisotopic (exact) mass is 321 g/mol. The molecule has 0 fully saturated rings. The summed E-state index contributed by atoms with van der Waals surface area (Å²) in [5.41, 5.74) is 2.82. The average molecular weight is 322 g/mol. The third-order valence-corrected chi connectivity index (χ3v) is 4.47. The molecule has 0 unspecified atom stereocenters. The highest BCUT2D eigenvalue weighted by molar-refractivity contribution is 7.91. The predicted molar refractivity (Wildman–Crippen MR) is 88.8 cm³/mol. The largest absolute Gasteiger partial charge is 0.283 e. The molecule has 0 aliphatic heterocycles. The molecule has 0 spiro atoms. The Morgan fingerprint density at radius 2 is 1.86 bits per heavy atom. The second kappa shape index (κ2) is 6.33. The smallest absolute Gasteiger partial charge is 0.236 e. The maximum absolute atomic E-state index is 12.1. The highest BCUT2D eigenvalue weighted by Gasteiger charge is 2.12. The molecule has 2 aromatic carbocycles. The second-order valence-corrected chi connectivity index (χ2v) is 6.95. The first-order valence-electron chi connectivity index (χ1n) is 6.37. The summed E-state index contributed by atoms with van der Waals surface area (Å²) in [7, 11) is -3.47. The molecule has 0 amide bonds. The van der Waals surface area contributed by atoms with Gasteiger partial charge in [0.2, 0.25) is 10.0 Å². The minimum atomic E-state index is -3.47. The summed E-state index contributed by atoms with van der Waals surface area (Å²) in [5.74, 6) is -0.0757. The Labute approximate surface area is 130 Å². The number of sulfonamides is 1. The molecule has 0 heterocycles. The SMILES string of the molecule is C=C(C)c1ccc(NS(=O)(=O)Cc2ccccc2)cc1Cl. The molecule has 2 aromatic rings. The molecular weight excluding hydrogens is 306 g/mol. The number of halogens is 1. The van der Waals surface area contributed by atoms with Crippen molar-refractivity contribution < 1.29 is 8.42 Å². The van der Waals surface area contributed by atoms with Gasteiger partial charge in [-0.15, -0.1) is 0 Å². The van der Waals surface area contributed by atoms with Crippen molar-refractivity contribution in [2.75, 3.05) is 4.72 Å². The molecule has 5 heteroatoms. The van der Waals surface area contributed by atoms with E-state index in [-0.39, 0.29) is 5.75 Å². The zero-order chi connectivity index (χ0) is 15.5. The third kappa shape index (κ3) is 4.34. The van der Waals surface area contributed by atoms with Gasteiger partial charge in [0, 0.05) is 5.69 Å². The van der Waals surface area contributed by atoms with Crippen molar-refractivity contribution in [3.8, 4) is 0 Å². The summed E-state index contributed by atoms with van der Waals surface area (Å²) in [6, 6.07) is 14.0. The second-order valence-electron chi connectivity index (χ2n) is 4.82. The Balaban J connectivity index is 2.17. The van der Waals surface area contributed by atoms with E-state index in [1.807, 2.05) is 25.1 Å². The maximum Gasteiger partial charge on any atom is 0.236 e. The van der Waals surface area contributed by atoms with E-state index in [2.05, 4.69) is 11.3 Å². The maximum atomic E-state index is 12.1. The summed E-state index contributed by atoms with van der Waals surface area (Å²) in [6.45, 7) is 5.67. The van der Waals surface area contributed by atoms with Gasteiger partial charge >= 0.3 is 0 Å². The van der Waals surface area contributed by atoms with Gasteiger partial charge in [-0.1, -0.05) is 54.6 Å². The normalized spacial score (nSPS) is 11.1. The molecule has 0 saturated carbocycles. The quantitative estimate of drug-likeness (QED) is 0.891. The van der Waals surface area contributed by atoms with Crippen molar-refractivity contribution >= 4 is 32.9 Å². The molecule has 1 N–H and O–H groups in total. The van der Waals surface area contributed by atoms with Crippen LogP contribution in [0.2, 0.25) is 5.02 Å². The molecule has 0 atom stereocenters. The standard InChI is InChI=1S/C16H16ClNO2S/c1-12(2)15-9-8-14(10-16(15)17)18-21(19,20)11-13-6-4-3-5-7-13/h3-10,18H,1,11H2,2H3. The molecule has 0 radical (unpaired) electrons. The van der Waals surface area contributed by atoms with Crippen molar-refractivity contribution in [1.82, 2.24) is 0 Å². The molecule has 21 heavy (non-hydrogen) atoms. The van der Waals surface area contributed by atoms with E-state index in [0.717, 1.165) is 16.7 Å². The fourth-order valence-corrected chi connectivity index (χ4v) is 3.47. The van der Waals surface area contributed by atoms with Crippen molar-refractivity contribution in [1.29, 1.82) is 0 Å². The molecule has 0 bridgehead atoms. The number of anilines is 1. The number of allylic oxidation sites excluding steroid dienone is 1. The summed E-state index contributed by atoms with van der Waals surface area (Å²) in [5, 5.41) is 0.474. The Bertz CT molecular complexity index is 755.